The average Bonchev–Trinajstić information content (AvgIpc) is 1.85. The van der Waals surface area contributed by atoms with Crippen molar-refractivity contribution in [2.45, 2.75) is 13.0 Å². The van der Waals surface area contributed by atoms with E-state index in [9.17, 15) is 8.78 Å². The number of hydrogen-bond acceptors (Lipinski definition) is 1. The zero-order chi connectivity index (χ0) is 8.43. The zero-order valence-corrected chi connectivity index (χ0v) is 6.14. The molecule has 0 heterocycles. The molecule has 3 heteroatoms. The highest BCUT2D eigenvalue weighted by Crippen LogP contribution is 2.13. The molecule has 0 radical (unpaired) electrons. The predicted molar refractivity (Wildman–Crippen MR) is 39.0 cm³/mol. The largest absolute Gasteiger partial charge is 0.324 e. The maximum Gasteiger partial charge on any atom is 0.126 e. The molecule has 60 valence electrons. The van der Waals surface area contributed by atoms with Crippen molar-refractivity contribution < 1.29 is 8.78 Å². The number of nitrogens with two attached hydrogens (primary N) is 1. The fourth-order valence-corrected chi connectivity index (χ4v) is 0.838. The highest BCUT2D eigenvalue weighted by Gasteiger charge is 2.03. The van der Waals surface area contributed by atoms with Gasteiger partial charge in [0.05, 0.1) is 0 Å². The quantitative estimate of drug-likeness (QED) is 0.662. The van der Waals surface area contributed by atoms with Crippen LogP contribution in [0.3, 0.4) is 0 Å². The molecule has 0 saturated heterocycles. The van der Waals surface area contributed by atoms with Crippen molar-refractivity contribution in [2.24, 2.45) is 5.73 Å². The van der Waals surface area contributed by atoms with E-state index >= 15 is 0 Å². The van der Waals surface area contributed by atoms with Gasteiger partial charge in [0.25, 0.3) is 0 Å². The Bertz CT molecular complexity index is 238. The summed E-state index contributed by atoms with van der Waals surface area (Å²) in [7, 11) is 0. The summed E-state index contributed by atoms with van der Waals surface area (Å²) in [6, 6.07) is 2.95. The molecule has 0 bridgehead atoms. The van der Waals surface area contributed by atoms with Crippen LogP contribution in [0.2, 0.25) is 0 Å². The van der Waals surface area contributed by atoms with Crippen LogP contribution >= 0.6 is 0 Å². The van der Waals surface area contributed by atoms with Gasteiger partial charge in [-0.05, 0) is 24.6 Å². The first kappa shape index (κ1) is 8.14. The molecule has 11 heavy (non-hydrogen) atoms. The second kappa shape index (κ2) is 2.96. The summed E-state index contributed by atoms with van der Waals surface area (Å²) in [6.07, 6.45) is 0. The molecule has 1 atom stereocenters. The lowest BCUT2D eigenvalue weighted by atomic mass is 10.1. The smallest absolute Gasteiger partial charge is 0.126 e. The lowest BCUT2D eigenvalue weighted by Gasteiger charge is -2.04. The minimum atomic E-state index is -0.586. The third kappa shape index (κ3) is 1.98. The van der Waals surface area contributed by atoms with Gasteiger partial charge in [0, 0.05) is 12.1 Å². The van der Waals surface area contributed by atoms with Crippen LogP contribution in [0.1, 0.15) is 18.5 Å². The van der Waals surface area contributed by atoms with Crippen LogP contribution in [-0.2, 0) is 0 Å². The topological polar surface area (TPSA) is 26.0 Å². The van der Waals surface area contributed by atoms with Gasteiger partial charge in [-0.1, -0.05) is 0 Å². The van der Waals surface area contributed by atoms with Gasteiger partial charge in [-0.3, -0.25) is 0 Å². The van der Waals surface area contributed by atoms with Gasteiger partial charge in [-0.25, -0.2) is 8.78 Å². The van der Waals surface area contributed by atoms with Crippen molar-refractivity contribution in [1.82, 2.24) is 0 Å². The van der Waals surface area contributed by atoms with E-state index in [1.165, 1.54) is 12.1 Å². The summed E-state index contributed by atoms with van der Waals surface area (Å²) in [5.74, 6) is -1.17. The molecule has 0 unspecified atom stereocenters. The van der Waals surface area contributed by atoms with Gasteiger partial charge >= 0.3 is 0 Å². The molecule has 1 aromatic carbocycles. The minimum absolute atomic E-state index is 0.333. The predicted octanol–water partition coefficient (Wildman–Crippen LogP) is 1.98. The Kier molecular flexibility index (Phi) is 2.19. The normalized spacial score (nSPS) is 13.1. The molecule has 0 spiro atoms. The van der Waals surface area contributed by atoms with Gasteiger partial charge in [0.1, 0.15) is 11.6 Å². The fraction of sp³-hybridized carbons (Fsp3) is 0.250. The van der Waals surface area contributed by atoms with Crippen molar-refractivity contribution in [2.75, 3.05) is 0 Å². The number of halogens is 2. The van der Waals surface area contributed by atoms with Crippen LogP contribution in [0.5, 0.6) is 0 Å². The molecular weight excluding hydrogens is 148 g/mol. The molecule has 0 aliphatic carbocycles. The van der Waals surface area contributed by atoms with E-state index in [-0.39, 0.29) is 6.04 Å². The highest BCUT2D eigenvalue weighted by molar-refractivity contribution is 5.20. The van der Waals surface area contributed by atoms with Crippen LogP contribution in [0.4, 0.5) is 8.78 Å². The van der Waals surface area contributed by atoms with Crippen molar-refractivity contribution in [3.8, 4) is 0 Å². The number of rotatable bonds is 1. The second-order valence-corrected chi connectivity index (χ2v) is 2.49. The van der Waals surface area contributed by atoms with Gasteiger partial charge in [0.2, 0.25) is 0 Å². The molecule has 1 rings (SSSR count). The van der Waals surface area contributed by atoms with E-state index < -0.39 is 11.6 Å². The number of benzene rings is 1. The molecule has 0 amide bonds. The third-order valence-corrected chi connectivity index (χ3v) is 1.41. The van der Waals surface area contributed by atoms with Gasteiger partial charge in [-0.15, -0.1) is 0 Å². The molecule has 2 N–H and O–H groups in total. The molecule has 0 saturated carbocycles. The summed E-state index contributed by atoms with van der Waals surface area (Å²) >= 11 is 0. The molecule has 0 fully saturated rings. The fourth-order valence-electron chi connectivity index (χ4n) is 0.838. The van der Waals surface area contributed by atoms with Crippen molar-refractivity contribution >= 4 is 0 Å². The van der Waals surface area contributed by atoms with Crippen molar-refractivity contribution in [3.63, 3.8) is 0 Å². The Balaban J connectivity index is 3.08. The minimum Gasteiger partial charge on any atom is -0.324 e. The highest BCUT2D eigenvalue weighted by atomic mass is 19.1. The summed E-state index contributed by atoms with van der Waals surface area (Å²) in [4.78, 5) is 0. The van der Waals surface area contributed by atoms with Crippen LogP contribution in [0, 0.1) is 11.6 Å². The van der Waals surface area contributed by atoms with Crippen LogP contribution in [0.15, 0.2) is 18.2 Å². The summed E-state index contributed by atoms with van der Waals surface area (Å²) in [5.41, 5.74) is 5.89. The van der Waals surface area contributed by atoms with E-state index in [0.717, 1.165) is 6.07 Å². The molecule has 1 nitrogen and oxygen atoms in total. The summed E-state index contributed by atoms with van der Waals surface area (Å²) in [5, 5.41) is 0. The van der Waals surface area contributed by atoms with Gasteiger partial charge in [-0.2, -0.15) is 0 Å². The molecular formula is C8H9F2N. The Labute approximate surface area is 63.8 Å². The van der Waals surface area contributed by atoms with E-state index in [0.29, 0.717) is 5.56 Å². The molecule has 0 aromatic heterocycles. The maximum absolute atomic E-state index is 12.5. The first-order valence-electron chi connectivity index (χ1n) is 3.31. The molecule has 1 aromatic rings. The monoisotopic (exact) mass is 157 g/mol. The Morgan fingerprint density at radius 2 is 1.64 bits per heavy atom. The third-order valence-electron chi connectivity index (χ3n) is 1.41. The van der Waals surface area contributed by atoms with E-state index in [4.69, 9.17) is 5.73 Å². The molecule has 0 aliphatic heterocycles. The van der Waals surface area contributed by atoms with E-state index in [2.05, 4.69) is 0 Å². The second-order valence-electron chi connectivity index (χ2n) is 2.49. The summed E-state index contributed by atoms with van der Waals surface area (Å²) < 4.78 is 25.0. The Hall–Kier alpha value is -0.960. The zero-order valence-electron chi connectivity index (χ0n) is 6.14. The van der Waals surface area contributed by atoms with Gasteiger partial charge in [0.15, 0.2) is 0 Å². The lowest BCUT2D eigenvalue weighted by Crippen LogP contribution is -2.05. The Morgan fingerprint density at radius 3 is 2.00 bits per heavy atom. The Morgan fingerprint density at radius 1 is 1.18 bits per heavy atom. The van der Waals surface area contributed by atoms with Crippen LogP contribution < -0.4 is 5.73 Å². The van der Waals surface area contributed by atoms with Crippen LogP contribution in [0.25, 0.3) is 0 Å². The number of hydrogen-bond donors (Lipinski definition) is 1. The molecule has 0 aliphatic rings. The lowest BCUT2D eigenvalue weighted by molar-refractivity contribution is 0.576. The first-order valence-corrected chi connectivity index (χ1v) is 3.31. The first-order chi connectivity index (χ1) is 5.09. The SMILES string of the molecule is C[C@@H](N)c1cc(F)cc(F)c1. The maximum atomic E-state index is 12.5. The van der Waals surface area contributed by atoms with Crippen LogP contribution in [-0.4, -0.2) is 0 Å². The summed E-state index contributed by atoms with van der Waals surface area (Å²) in [6.45, 7) is 1.67. The standard InChI is InChI=1S/C8H9F2N/c1-5(11)6-2-7(9)4-8(10)3-6/h2-5H,11H2,1H3/t5-/m1/s1. The van der Waals surface area contributed by atoms with E-state index in [1.807, 2.05) is 0 Å². The van der Waals surface area contributed by atoms with E-state index in [1.54, 1.807) is 6.92 Å². The van der Waals surface area contributed by atoms with Gasteiger partial charge < -0.3 is 5.73 Å². The van der Waals surface area contributed by atoms with Crippen molar-refractivity contribution in [3.05, 3.63) is 35.4 Å². The average molecular weight is 157 g/mol. The van der Waals surface area contributed by atoms with Crippen molar-refractivity contribution in [1.29, 1.82) is 0 Å².